The minimum absolute atomic E-state index is 0. The Kier molecular flexibility index (Phi) is 18.7. The lowest BCUT2D eigenvalue weighted by Gasteiger charge is -2.17. The SMILES string of the molecule is CN(CCC(=O)/C(=C\c1ccc(Cl)cc1)c1ccccc1)Cc1ccccc1.CN(CCC(=O)/C(=C\c1ccc(Cl)cc1)c1ccccc1)Cc1ccccc1.Cl. The molecule has 0 radical (unpaired) electrons. The summed E-state index contributed by atoms with van der Waals surface area (Å²) < 4.78 is 0. The number of halogens is 3. The standard InChI is InChI=1S/2C25H24ClNO.ClH/c2*1-27(19-21-8-4-2-5-9-21)17-16-25(28)24(22-10-6-3-7-11-22)18-20-12-14-23(26)15-13-20;/h2*2-15,18H,16-17,19H2,1H3;1H/b2*24-18-;. The predicted molar refractivity (Wildman–Crippen MR) is 244 cm³/mol. The second-order valence-electron chi connectivity index (χ2n) is 13.7. The first kappa shape index (κ1) is 44.6. The monoisotopic (exact) mass is 814 g/mol. The number of Topliss-reactive ketones (excluding diaryl/α,β-unsaturated/α-hetero) is 2. The second-order valence-corrected chi connectivity index (χ2v) is 14.6. The highest BCUT2D eigenvalue weighted by Crippen LogP contribution is 2.24. The van der Waals surface area contributed by atoms with Crippen LogP contribution in [0, 0.1) is 0 Å². The zero-order valence-corrected chi connectivity index (χ0v) is 34.8. The van der Waals surface area contributed by atoms with Gasteiger partial charge in [0.1, 0.15) is 0 Å². The Balaban J connectivity index is 0.000000248. The van der Waals surface area contributed by atoms with Gasteiger partial charge in [-0.15, -0.1) is 12.4 Å². The molecule has 7 heteroatoms. The highest BCUT2D eigenvalue weighted by atomic mass is 35.5. The number of rotatable bonds is 16. The molecule has 0 fully saturated rings. The van der Waals surface area contributed by atoms with E-state index in [0.717, 1.165) is 46.5 Å². The van der Waals surface area contributed by atoms with Crippen molar-refractivity contribution in [1.82, 2.24) is 9.80 Å². The van der Waals surface area contributed by atoms with Gasteiger partial charge in [-0.05, 0) is 83.9 Å². The number of benzene rings is 6. The second kappa shape index (κ2) is 23.9. The van der Waals surface area contributed by atoms with Gasteiger partial charge in [-0.1, -0.05) is 169 Å². The van der Waals surface area contributed by atoms with Crippen LogP contribution >= 0.6 is 35.6 Å². The molecule has 0 unspecified atom stereocenters. The molecule has 0 saturated carbocycles. The van der Waals surface area contributed by atoms with Gasteiger partial charge in [-0.25, -0.2) is 0 Å². The fourth-order valence-corrected chi connectivity index (χ4v) is 6.39. The minimum Gasteiger partial charge on any atom is -0.302 e. The summed E-state index contributed by atoms with van der Waals surface area (Å²) in [6, 6.07) is 55.4. The first-order chi connectivity index (χ1) is 27.2. The molecule has 0 aromatic heterocycles. The molecule has 0 aliphatic rings. The van der Waals surface area contributed by atoms with Gasteiger partial charge in [0.15, 0.2) is 11.6 Å². The zero-order chi connectivity index (χ0) is 39.5. The molecule has 6 aromatic rings. The molecule has 6 aromatic carbocycles. The fourth-order valence-electron chi connectivity index (χ4n) is 6.14. The largest absolute Gasteiger partial charge is 0.302 e. The average molecular weight is 816 g/mol. The Hall–Kier alpha value is -5.07. The number of carbonyl (C=O) groups is 2. The van der Waals surface area contributed by atoms with Crippen LogP contribution in [-0.2, 0) is 22.7 Å². The molecule has 0 heterocycles. The molecule has 0 aliphatic heterocycles. The molecular weight excluding hydrogens is 767 g/mol. The van der Waals surface area contributed by atoms with Crippen molar-refractivity contribution >= 4 is 70.5 Å². The third kappa shape index (κ3) is 15.4. The summed E-state index contributed by atoms with van der Waals surface area (Å²) in [5, 5.41) is 1.37. The van der Waals surface area contributed by atoms with E-state index in [2.05, 4.69) is 34.1 Å². The third-order valence-corrected chi connectivity index (χ3v) is 9.67. The van der Waals surface area contributed by atoms with Crippen molar-refractivity contribution in [1.29, 1.82) is 0 Å². The summed E-state index contributed by atoms with van der Waals surface area (Å²) in [4.78, 5) is 30.5. The first-order valence-electron chi connectivity index (χ1n) is 18.8. The molecule has 0 atom stereocenters. The van der Waals surface area contributed by atoms with Gasteiger partial charge < -0.3 is 9.80 Å². The molecule has 4 nitrogen and oxygen atoms in total. The van der Waals surface area contributed by atoms with Crippen molar-refractivity contribution in [3.63, 3.8) is 0 Å². The lowest BCUT2D eigenvalue weighted by Crippen LogP contribution is -2.21. The van der Waals surface area contributed by atoms with Gasteiger partial charge in [0.2, 0.25) is 0 Å². The summed E-state index contributed by atoms with van der Waals surface area (Å²) in [6.07, 6.45) is 4.84. The molecule has 292 valence electrons. The van der Waals surface area contributed by atoms with Gasteiger partial charge in [-0.2, -0.15) is 0 Å². The number of ketones is 2. The topological polar surface area (TPSA) is 40.6 Å². The maximum Gasteiger partial charge on any atom is 0.164 e. The van der Waals surface area contributed by atoms with E-state index in [1.54, 1.807) is 0 Å². The number of allylic oxidation sites excluding steroid dienone is 2. The molecule has 6 rings (SSSR count). The van der Waals surface area contributed by atoms with Gasteiger partial charge in [0, 0.05) is 60.2 Å². The van der Waals surface area contributed by atoms with Crippen LogP contribution in [0.3, 0.4) is 0 Å². The van der Waals surface area contributed by atoms with Crippen molar-refractivity contribution in [3.8, 4) is 0 Å². The quantitative estimate of drug-likeness (QED) is 0.0721. The van der Waals surface area contributed by atoms with E-state index < -0.39 is 0 Å². The van der Waals surface area contributed by atoms with Crippen molar-refractivity contribution in [3.05, 3.63) is 213 Å². The maximum absolute atomic E-state index is 13.1. The summed E-state index contributed by atoms with van der Waals surface area (Å²) in [5.74, 6) is 0.280. The highest BCUT2D eigenvalue weighted by Gasteiger charge is 2.15. The Labute approximate surface area is 354 Å². The van der Waals surface area contributed by atoms with E-state index in [4.69, 9.17) is 23.2 Å². The normalized spacial score (nSPS) is 11.4. The van der Waals surface area contributed by atoms with Crippen LogP contribution in [0.2, 0.25) is 10.0 Å². The van der Waals surface area contributed by atoms with Crippen molar-refractivity contribution < 1.29 is 9.59 Å². The van der Waals surface area contributed by atoms with Crippen LogP contribution in [0.5, 0.6) is 0 Å². The van der Waals surface area contributed by atoms with E-state index in [0.29, 0.717) is 36.0 Å². The van der Waals surface area contributed by atoms with E-state index in [1.165, 1.54) is 11.1 Å². The number of nitrogens with zero attached hydrogens (tertiary/aromatic N) is 2. The average Bonchev–Trinajstić information content (AvgIpc) is 3.23. The Morgan fingerprint density at radius 2 is 0.754 bits per heavy atom. The van der Waals surface area contributed by atoms with Crippen molar-refractivity contribution in [2.45, 2.75) is 25.9 Å². The summed E-state index contributed by atoms with van der Waals surface area (Å²) >= 11 is 12.0. The molecule has 57 heavy (non-hydrogen) atoms. The number of carbonyl (C=O) groups excluding carboxylic acids is 2. The van der Waals surface area contributed by atoms with Crippen molar-refractivity contribution in [2.24, 2.45) is 0 Å². The van der Waals surface area contributed by atoms with Crippen molar-refractivity contribution in [2.75, 3.05) is 27.2 Å². The first-order valence-corrected chi connectivity index (χ1v) is 19.6. The highest BCUT2D eigenvalue weighted by molar-refractivity contribution is 6.31. The number of hydrogen-bond acceptors (Lipinski definition) is 4. The van der Waals surface area contributed by atoms with Gasteiger partial charge in [-0.3, -0.25) is 9.59 Å². The van der Waals surface area contributed by atoms with Crippen LogP contribution in [0.15, 0.2) is 170 Å². The van der Waals surface area contributed by atoms with E-state index in [9.17, 15) is 9.59 Å². The number of hydrogen-bond donors (Lipinski definition) is 0. The van der Waals surface area contributed by atoms with Gasteiger partial charge >= 0.3 is 0 Å². The fraction of sp³-hybridized carbons (Fsp3) is 0.160. The Morgan fingerprint density at radius 3 is 1.07 bits per heavy atom. The molecule has 0 spiro atoms. The molecule has 0 saturated heterocycles. The molecule has 0 bridgehead atoms. The summed E-state index contributed by atoms with van der Waals surface area (Å²) in [7, 11) is 4.09. The van der Waals surface area contributed by atoms with E-state index in [-0.39, 0.29) is 24.0 Å². The van der Waals surface area contributed by atoms with Crippen LogP contribution in [0.1, 0.15) is 46.2 Å². The van der Waals surface area contributed by atoms with E-state index in [1.807, 2.05) is 172 Å². The molecular formula is C50H49Cl3N2O2. The van der Waals surface area contributed by atoms with Gasteiger partial charge in [0.05, 0.1) is 0 Å². The minimum atomic E-state index is 0. The Bertz CT molecular complexity index is 2000. The smallest absolute Gasteiger partial charge is 0.164 e. The van der Waals surface area contributed by atoms with Crippen LogP contribution in [-0.4, -0.2) is 48.6 Å². The van der Waals surface area contributed by atoms with Crippen LogP contribution in [0.4, 0.5) is 0 Å². The predicted octanol–water partition coefficient (Wildman–Crippen LogP) is 12.4. The van der Waals surface area contributed by atoms with Crippen LogP contribution in [0.25, 0.3) is 23.3 Å². The zero-order valence-electron chi connectivity index (χ0n) is 32.4. The lowest BCUT2D eigenvalue weighted by molar-refractivity contribution is -0.114. The van der Waals surface area contributed by atoms with Crippen LogP contribution < -0.4 is 0 Å². The third-order valence-electron chi connectivity index (χ3n) is 9.16. The molecule has 0 amide bonds. The molecule has 0 aliphatic carbocycles. The van der Waals surface area contributed by atoms with Gasteiger partial charge in [0.25, 0.3) is 0 Å². The maximum atomic E-state index is 13.1. The van der Waals surface area contributed by atoms with E-state index >= 15 is 0 Å². The summed E-state index contributed by atoms with van der Waals surface area (Å²) in [6.45, 7) is 3.07. The molecule has 0 N–H and O–H groups in total. The Morgan fingerprint density at radius 1 is 0.456 bits per heavy atom. The summed E-state index contributed by atoms with van der Waals surface area (Å²) in [5.41, 5.74) is 7.77. The lowest BCUT2D eigenvalue weighted by atomic mass is 9.97.